The number of carbonyl (C=O) groups excluding carboxylic acids is 1. The molecular weight excluding hydrogens is 358 g/mol. The van der Waals surface area contributed by atoms with Crippen LogP contribution in [-0.4, -0.2) is 33.2 Å². The normalized spacial score (nSPS) is 11.2. The van der Waals surface area contributed by atoms with E-state index < -0.39 is 0 Å². The zero-order valence-corrected chi connectivity index (χ0v) is 16.2. The highest BCUT2D eigenvalue weighted by atomic mass is 32.2. The van der Waals surface area contributed by atoms with Crippen LogP contribution >= 0.6 is 11.8 Å². The summed E-state index contributed by atoms with van der Waals surface area (Å²) in [6.45, 7) is 4.00. The summed E-state index contributed by atoms with van der Waals surface area (Å²) in [6.07, 6.45) is 0. The van der Waals surface area contributed by atoms with Gasteiger partial charge in [-0.05, 0) is 43.2 Å². The molecule has 0 radical (unpaired) electrons. The Morgan fingerprint density at radius 2 is 1.89 bits per heavy atom. The summed E-state index contributed by atoms with van der Waals surface area (Å²) >= 11 is 1.40. The van der Waals surface area contributed by atoms with Gasteiger partial charge in [0.15, 0.2) is 16.6 Å². The van der Waals surface area contributed by atoms with Crippen molar-refractivity contribution in [2.75, 3.05) is 12.9 Å². The molecule has 0 N–H and O–H groups in total. The second kappa shape index (κ2) is 7.04. The first-order chi connectivity index (χ1) is 13.1. The van der Waals surface area contributed by atoms with E-state index in [1.807, 2.05) is 59.9 Å². The first kappa shape index (κ1) is 17.5. The molecule has 0 bridgehead atoms. The smallest absolute Gasteiger partial charge is 0.196 e. The van der Waals surface area contributed by atoms with E-state index in [2.05, 4.69) is 17.1 Å². The van der Waals surface area contributed by atoms with Crippen LogP contribution in [0.3, 0.4) is 0 Å². The van der Waals surface area contributed by atoms with Crippen LogP contribution in [0.15, 0.2) is 53.7 Å². The van der Waals surface area contributed by atoms with E-state index in [9.17, 15) is 4.79 Å². The van der Waals surface area contributed by atoms with Gasteiger partial charge in [-0.2, -0.15) is 0 Å². The van der Waals surface area contributed by atoms with Gasteiger partial charge < -0.3 is 4.74 Å². The number of nitrogens with zero attached hydrogens (tertiary/aromatic N) is 3. The minimum atomic E-state index is 0.0869. The van der Waals surface area contributed by atoms with Gasteiger partial charge in [0.05, 0.1) is 18.4 Å². The summed E-state index contributed by atoms with van der Waals surface area (Å²) in [4.78, 5) is 12.6. The van der Waals surface area contributed by atoms with Crippen molar-refractivity contribution in [1.29, 1.82) is 0 Å². The molecule has 4 rings (SSSR count). The third-order valence-electron chi connectivity index (χ3n) is 4.65. The van der Waals surface area contributed by atoms with Gasteiger partial charge in [-0.1, -0.05) is 36.0 Å². The molecule has 0 saturated carbocycles. The SMILES string of the molecule is COc1ccc2c(C)cc3nnc(SCC(=O)c4ccccc4C)n3c2c1. The highest BCUT2D eigenvalue weighted by Gasteiger charge is 2.15. The van der Waals surface area contributed by atoms with Gasteiger partial charge in [0.1, 0.15) is 5.75 Å². The Balaban J connectivity index is 1.73. The Morgan fingerprint density at radius 1 is 1.07 bits per heavy atom. The van der Waals surface area contributed by atoms with Gasteiger partial charge in [-0.15, -0.1) is 10.2 Å². The fourth-order valence-corrected chi connectivity index (χ4v) is 4.05. The van der Waals surface area contributed by atoms with Crippen molar-refractivity contribution in [1.82, 2.24) is 14.6 Å². The molecule has 136 valence electrons. The molecule has 0 amide bonds. The highest BCUT2D eigenvalue weighted by Crippen LogP contribution is 2.29. The Kier molecular flexibility index (Phi) is 4.58. The molecule has 6 heteroatoms. The fourth-order valence-electron chi connectivity index (χ4n) is 3.22. The van der Waals surface area contributed by atoms with E-state index in [1.54, 1.807) is 7.11 Å². The summed E-state index contributed by atoms with van der Waals surface area (Å²) < 4.78 is 7.37. The second-order valence-electron chi connectivity index (χ2n) is 6.41. The quantitative estimate of drug-likeness (QED) is 0.379. The number of ether oxygens (including phenoxy) is 1. The van der Waals surface area contributed by atoms with E-state index in [0.717, 1.165) is 39.0 Å². The van der Waals surface area contributed by atoms with Crippen molar-refractivity contribution in [3.8, 4) is 5.75 Å². The number of Topliss-reactive ketones (excluding diaryl/α,β-unsaturated/α-hetero) is 1. The number of aryl methyl sites for hydroxylation is 2. The van der Waals surface area contributed by atoms with Crippen molar-refractivity contribution in [3.05, 3.63) is 65.2 Å². The Bertz CT molecular complexity index is 1170. The molecule has 4 aromatic rings. The number of carbonyl (C=O) groups is 1. The number of hydrogen-bond acceptors (Lipinski definition) is 5. The van der Waals surface area contributed by atoms with E-state index >= 15 is 0 Å². The topological polar surface area (TPSA) is 56.5 Å². The maximum absolute atomic E-state index is 12.6. The van der Waals surface area contributed by atoms with Crippen LogP contribution in [0.4, 0.5) is 0 Å². The molecule has 0 fully saturated rings. The lowest BCUT2D eigenvalue weighted by atomic mass is 10.1. The predicted molar refractivity (Wildman–Crippen MR) is 108 cm³/mol. The third kappa shape index (κ3) is 3.17. The van der Waals surface area contributed by atoms with Gasteiger partial charge in [-0.3, -0.25) is 9.20 Å². The van der Waals surface area contributed by atoms with Crippen LogP contribution in [0.5, 0.6) is 5.75 Å². The van der Waals surface area contributed by atoms with Gasteiger partial charge >= 0.3 is 0 Å². The van der Waals surface area contributed by atoms with Gasteiger partial charge in [0.25, 0.3) is 0 Å². The number of rotatable bonds is 5. The fraction of sp³-hybridized carbons (Fsp3) is 0.190. The third-order valence-corrected chi connectivity index (χ3v) is 5.58. The van der Waals surface area contributed by atoms with Crippen LogP contribution in [-0.2, 0) is 0 Å². The lowest BCUT2D eigenvalue weighted by Crippen LogP contribution is -2.05. The van der Waals surface area contributed by atoms with Gasteiger partial charge in [-0.25, -0.2) is 0 Å². The molecule has 0 aliphatic carbocycles. The van der Waals surface area contributed by atoms with Crippen LogP contribution in [0, 0.1) is 13.8 Å². The van der Waals surface area contributed by atoms with Crippen molar-refractivity contribution in [3.63, 3.8) is 0 Å². The number of aromatic nitrogens is 3. The maximum atomic E-state index is 12.6. The van der Waals surface area contributed by atoms with Gasteiger partial charge in [0, 0.05) is 17.0 Å². The standard InChI is InChI=1S/C21H19N3O2S/c1-13-6-4-5-7-17(13)19(25)12-27-21-23-22-20-10-14(2)16-9-8-15(26-3)11-18(16)24(20)21/h4-11H,12H2,1-3H3. The van der Waals surface area contributed by atoms with Crippen LogP contribution in [0.25, 0.3) is 16.6 Å². The summed E-state index contributed by atoms with van der Waals surface area (Å²) in [5.74, 6) is 1.17. The Hall–Kier alpha value is -2.86. The molecule has 27 heavy (non-hydrogen) atoms. The molecule has 2 aromatic carbocycles. The molecule has 2 aromatic heterocycles. The van der Waals surface area contributed by atoms with Crippen LogP contribution in [0.2, 0.25) is 0 Å². The molecule has 0 aliphatic rings. The zero-order valence-electron chi connectivity index (χ0n) is 15.4. The van der Waals surface area contributed by atoms with Crippen molar-refractivity contribution in [2.24, 2.45) is 0 Å². The average Bonchev–Trinajstić information content (AvgIpc) is 3.09. The average molecular weight is 377 g/mol. The summed E-state index contributed by atoms with van der Waals surface area (Å²) in [7, 11) is 1.65. The van der Waals surface area contributed by atoms with E-state index in [-0.39, 0.29) is 5.78 Å². The number of hydrogen-bond donors (Lipinski definition) is 0. The lowest BCUT2D eigenvalue weighted by molar-refractivity contribution is 0.102. The van der Waals surface area contributed by atoms with Crippen molar-refractivity contribution < 1.29 is 9.53 Å². The van der Waals surface area contributed by atoms with E-state index in [1.165, 1.54) is 11.8 Å². The van der Waals surface area contributed by atoms with E-state index in [4.69, 9.17) is 4.74 Å². The van der Waals surface area contributed by atoms with E-state index in [0.29, 0.717) is 10.9 Å². The molecule has 0 spiro atoms. The number of methoxy groups -OCH3 is 1. The number of ketones is 1. The molecule has 0 unspecified atom stereocenters. The molecule has 0 atom stereocenters. The number of thioether (sulfide) groups is 1. The minimum Gasteiger partial charge on any atom is -0.497 e. The first-order valence-corrected chi connectivity index (χ1v) is 9.61. The highest BCUT2D eigenvalue weighted by molar-refractivity contribution is 7.99. The number of pyridine rings is 1. The monoisotopic (exact) mass is 377 g/mol. The van der Waals surface area contributed by atoms with Gasteiger partial charge in [0.2, 0.25) is 0 Å². The Labute approximate surface area is 161 Å². The summed E-state index contributed by atoms with van der Waals surface area (Å²) in [6, 6.07) is 15.6. The Morgan fingerprint density at radius 3 is 2.67 bits per heavy atom. The molecular formula is C21H19N3O2S. The number of fused-ring (bicyclic) bond motifs is 3. The molecule has 2 heterocycles. The lowest BCUT2D eigenvalue weighted by Gasteiger charge is -2.09. The van der Waals surface area contributed by atoms with Crippen LogP contribution in [0.1, 0.15) is 21.5 Å². The first-order valence-electron chi connectivity index (χ1n) is 8.62. The maximum Gasteiger partial charge on any atom is 0.196 e. The zero-order chi connectivity index (χ0) is 19.0. The minimum absolute atomic E-state index is 0.0869. The summed E-state index contributed by atoms with van der Waals surface area (Å²) in [5.41, 5.74) is 4.60. The number of benzene rings is 2. The molecule has 0 aliphatic heterocycles. The molecule has 0 saturated heterocycles. The molecule has 5 nitrogen and oxygen atoms in total. The second-order valence-corrected chi connectivity index (χ2v) is 7.36. The van der Waals surface area contributed by atoms with Crippen LogP contribution < -0.4 is 4.74 Å². The predicted octanol–water partition coefficient (Wildman–Crippen LogP) is 4.48. The van der Waals surface area contributed by atoms with Crippen molar-refractivity contribution >= 4 is 34.1 Å². The van der Waals surface area contributed by atoms with Crippen molar-refractivity contribution in [2.45, 2.75) is 19.0 Å². The largest absolute Gasteiger partial charge is 0.497 e. The summed E-state index contributed by atoms with van der Waals surface area (Å²) in [5, 5.41) is 10.4.